The minimum absolute atomic E-state index is 0.575. The first-order valence-corrected chi connectivity index (χ1v) is 9.20. The van der Waals surface area contributed by atoms with Crippen LogP contribution >= 0.6 is 0 Å². The van der Waals surface area contributed by atoms with Gasteiger partial charge in [-0.05, 0) is 71.3 Å². The molecule has 1 heterocycles. The molecule has 6 fully saturated rings. The lowest BCUT2D eigenvalue weighted by Crippen LogP contribution is -2.43. The molecule has 3 nitrogen and oxygen atoms in total. The first-order chi connectivity index (χ1) is 11.3. The van der Waals surface area contributed by atoms with E-state index >= 15 is 0 Å². The number of hydrogen-bond donors (Lipinski definition) is 0. The lowest BCUT2D eigenvalue weighted by atomic mass is 9.52. The van der Waals surface area contributed by atoms with Crippen molar-refractivity contribution >= 4 is 0 Å². The van der Waals surface area contributed by atoms with Crippen molar-refractivity contribution in [3.05, 3.63) is 23.3 Å². The summed E-state index contributed by atoms with van der Waals surface area (Å²) in [7, 11) is 3.67. The van der Waals surface area contributed by atoms with Crippen LogP contribution in [-0.4, -0.2) is 26.4 Å². The van der Waals surface area contributed by atoms with Crippen molar-refractivity contribution in [2.24, 2.45) is 34.5 Å². The molecule has 0 amide bonds. The first kappa shape index (κ1) is 11.4. The fourth-order valence-electron chi connectivity index (χ4n) is 9.33. The zero-order valence-electron chi connectivity index (χ0n) is 13.4. The smallest absolute Gasteiger partial charge is 0.122 e. The van der Waals surface area contributed by atoms with Gasteiger partial charge in [0.05, 0.1) is 26.4 Å². The molecule has 8 aliphatic rings. The molecular weight excluding hydrogens is 288 g/mol. The van der Waals surface area contributed by atoms with E-state index in [-0.39, 0.29) is 0 Å². The molecule has 3 heteroatoms. The average Bonchev–Trinajstić information content (AvgIpc) is 3.48. The molecule has 10 atom stereocenters. The Labute approximate surface area is 135 Å². The van der Waals surface area contributed by atoms with Gasteiger partial charge in [-0.25, -0.2) is 0 Å². The topological polar surface area (TPSA) is 31.0 Å². The molecule has 23 heavy (non-hydrogen) atoms. The molecule has 0 N–H and O–H groups in total. The van der Waals surface area contributed by atoms with Crippen molar-refractivity contribution in [2.75, 3.05) is 14.2 Å². The molecule has 1 aromatic rings. The maximum absolute atomic E-state index is 6.01. The Morgan fingerprint density at radius 2 is 1.39 bits per heavy atom. The van der Waals surface area contributed by atoms with E-state index in [2.05, 4.69) is 12.1 Å². The van der Waals surface area contributed by atoms with Crippen molar-refractivity contribution in [1.29, 1.82) is 0 Å². The van der Waals surface area contributed by atoms with Crippen LogP contribution in [0.5, 0.6) is 11.5 Å². The molecule has 1 aliphatic heterocycles. The zero-order chi connectivity index (χ0) is 14.9. The number of hydrogen-bond acceptors (Lipinski definition) is 3. The lowest BCUT2D eigenvalue weighted by Gasteiger charge is -2.50. The lowest BCUT2D eigenvalue weighted by molar-refractivity contribution is 0.101. The SMILES string of the molecule is COc1ccc(OC)c2c1[C@@H]1[C@@H]3C4C5[C@@]16C[C@H]1O[C@@H]1C[C@]56[C@H]2[C@@H]43. The minimum atomic E-state index is 0.575. The van der Waals surface area contributed by atoms with Crippen LogP contribution in [0.1, 0.15) is 35.8 Å². The predicted molar refractivity (Wildman–Crippen MR) is 81.7 cm³/mol. The Balaban J connectivity index is 1.48. The van der Waals surface area contributed by atoms with Crippen LogP contribution in [0.2, 0.25) is 0 Å². The predicted octanol–water partition coefficient (Wildman–Crippen LogP) is 2.94. The van der Waals surface area contributed by atoms with E-state index in [1.165, 1.54) is 24.0 Å². The maximum atomic E-state index is 6.01. The second kappa shape index (κ2) is 2.81. The first-order valence-electron chi connectivity index (χ1n) is 9.20. The molecule has 5 saturated carbocycles. The summed E-state index contributed by atoms with van der Waals surface area (Å²) in [6, 6.07) is 4.29. The van der Waals surface area contributed by atoms with E-state index < -0.39 is 0 Å². The van der Waals surface area contributed by atoms with Gasteiger partial charge >= 0.3 is 0 Å². The number of ether oxygens (including phenoxy) is 3. The fraction of sp³-hybridized carbons (Fsp3) is 0.700. The van der Waals surface area contributed by atoms with Crippen molar-refractivity contribution < 1.29 is 14.2 Å². The Kier molecular flexibility index (Phi) is 1.39. The third-order valence-electron chi connectivity index (χ3n) is 9.38. The quantitative estimate of drug-likeness (QED) is 0.787. The molecule has 7 aliphatic carbocycles. The monoisotopic (exact) mass is 308 g/mol. The molecule has 0 aromatic heterocycles. The number of epoxide rings is 1. The summed E-state index contributed by atoms with van der Waals surface area (Å²) in [6.45, 7) is 0. The third kappa shape index (κ3) is 0.782. The van der Waals surface area contributed by atoms with Crippen LogP contribution in [-0.2, 0) is 4.74 Å². The standard InChI is InChI=1S/C20H20O3/c1-21-7-3-4-8(22-2)12-11(7)16-13-14-15(13)18-19(16)5-9-10(23-9)6-20(18,19)17(12)14/h3-4,9-10,13-18H,5-6H2,1-2H3/t9-,10-,13-,14+,15?,16-,17-,18?,19+,20-/m1/s1. The Hall–Kier alpha value is -1.22. The second-order valence-corrected chi connectivity index (χ2v) is 9.16. The summed E-state index contributed by atoms with van der Waals surface area (Å²) in [5, 5.41) is 0. The molecule has 9 rings (SSSR count). The normalized spacial score (nSPS) is 62.2. The summed E-state index contributed by atoms with van der Waals surface area (Å²) in [5.41, 5.74) is 4.23. The van der Waals surface area contributed by atoms with Gasteiger partial charge < -0.3 is 14.2 Å². The summed E-state index contributed by atoms with van der Waals surface area (Å²) in [5.74, 6) is 7.63. The number of benzene rings is 1. The van der Waals surface area contributed by atoms with Crippen LogP contribution in [0.25, 0.3) is 0 Å². The summed E-state index contributed by atoms with van der Waals surface area (Å²) >= 11 is 0. The van der Waals surface area contributed by atoms with Crippen molar-refractivity contribution in [3.8, 4) is 11.5 Å². The number of fused-ring (bicyclic) bond motifs is 1. The number of methoxy groups -OCH3 is 2. The minimum Gasteiger partial charge on any atom is -0.496 e. The average molecular weight is 308 g/mol. The Bertz CT molecular complexity index is 767. The van der Waals surface area contributed by atoms with E-state index in [1.807, 2.05) is 14.2 Å². The summed E-state index contributed by atoms with van der Waals surface area (Å²) < 4.78 is 17.7. The van der Waals surface area contributed by atoms with Crippen LogP contribution < -0.4 is 9.47 Å². The zero-order valence-corrected chi connectivity index (χ0v) is 13.4. The molecule has 1 aromatic carbocycles. The van der Waals surface area contributed by atoms with Crippen LogP contribution in [0.15, 0.2) is 12.1 Å². The molecule has 0 radical (unpaired) electrons. The third-order valence-corrected chi connectivity index (χ3v) is 9.38. The van der Waals surface area contributed by atoms with Gasteiger partial charge in [0.1, 0.15) is 11.5 Å². The van der Waals surface area contributed by atoms with Crippen molar-refractivity contribution in [1.82, 2.24) is 0 Å². The molecule has 2 bridgehead atoms. The van der Waals surface area contributed by atoms with E-state index in [0.717, 1.165) is 47.0 Å². The van der Waals surface area contributed by atoms with Gasteiger partial charge in [-0.15, -0.1) is 0 Å². The van der Waals surface area contributed by atoms with E-state index in [9.17, 15) is 0 Å². The Morgan fingerprint density at radius 3 is 1.87 bits per heavy atom. The van der Waals surface area contributed by atoms with Gasteiger partial charge in [0, 0.05) is 11.1 Å². The van der Waals surface area contributed by atoms with Crippen molar-refractivity contribution in [2.45, 2.75) is 36.9 Å². The van der Waals surface area contributed by atoms with Gasteiger partial charge in [-0.3, -0.25) is 0 Å². The maximum Gasteiger partial charge on any atom is 0.122 e. The highest BCUT2D eigenvalue weighted by molar-refractivity contribution is 5.69. The highest BCUT2D eigenvalue weighted by Crippen LogP contribution is 3.07. The van der Waals surface area contributed by atoms with E-state index in [0.29, 0.717) is 23.0 Å². The van der Waals surface area contributed by atoms with Crippen LogP contribution in [0, 0.1) is 34.5 Å². The molecule has 118 valence electrons. The van der Waals surface area contributed by atoms with Crippen molar-refractivity contribution in [3.63, 3.8) is 0 Å². The molecule has 2 spiro atoms. The fourth-order valence-corrected chi connectivity index (χ4v) is 9.33. The molecular formula is C20H20O3. The summed E-state index contributed by atoms with van der Waals surface area (Å²) in [4.78, 5) is 0. The van der Waals surface area contributed by atoms with Gasteiger partial charge in [0.25, 0.3) is 0 Å². The molecule has 2 unspecified atom stereocenters. The van der Waals surface area contributed by atoms with Gasteiger partial charge in [-0.1, -0.05) is 0 Å². The van der Waals surface area contributed by atoms with Gasteiger partial charge in [0.15, 0.2) is 0 Å². The van der Waals surface area contributed by atoms with E-state index in [4.69, 9.17) is 14.2 Å². The van der Waals surface area contributed by atoms with Gasteiger partial charge in [0.2, 0.25) is 0 Å². The van der Waals surface area contributed by atoms with Crippen LogP contribution in [0.3, 0.4) is 0 Å². The summed E-state index contributed by atoms with van der Waals surface area (Å²) in [6.07, 6.45) is 3.85. The van der Waals surface area contributed by atoms with Crippen LogP contribution in [0.4, 0.5) is 0 Å². The highest BCUT2D eigenvalue weighted by Gasteiger charge is 3.03. The molecule has 1 saturated heterocycles. The van der Waals surface area contributed by atoms with Gasteiger partial charge in [-0.2, -0.15) is 0 Å². The number of rotatable bonds is 2. The van der Waals surface area contributed by atoms with E-state index in [1.54, 1.807) is 0 Å². The largest absolute Gasteiger partial charge is 0.496 e. The highest BCUT2D eigenvalue weighted by atomic mass is 16.6. The Morgan fingerprint density at radius 1 is 0.870 bits per heavy atom. The second-order valence-electron chi connectivity index (χ2n) is 9.16.